The van der Waals surface area contributed by atoms with Crippen molar-refractivity contribution in [2.75, 3.05) is 58.9 Å². The Kier molecular flexibility index (Phi) is 18.2. The van der Waals surface area contributed by atoms with Crippen molar-refractivity contribution in [3.8, 4) is 0 Å². The second-order valence-electron chi connectivity index (χ2n) is 7.44. The molecule has 0 heterocycles. The topological polar surface area (TPSA) is 114 Å². The summed E-state index contributed by atoms with van der Waals surface area (Å²) in [6.07, 6.45) is 3.22. The van der Waals surface area contributed by atoms with E-state index in [1.807, 2.05) is 0 Å². The molecule has 0 atom stereocenters. The fraction of sp³-hybridized carbons (Fsp3) is 1.00. The summed E-state index contributed by atoms with van der Waals surface area (Å²) in [6.45, 7) is 13.9. The van der Waals surface area contributed by atoms with Crippen LogP contribution in [-0.4, -0.2) is 58.9 Å². The van der Waals surface area contributed by atoms with Crippen molar-refractivity contribution in [1.82, 2.24) is 16.0 Å². The predicted molar refractivity (Wildman–Crippen MR) is 109 cm³/mol. The molecule has 0 bridgehead atoms. The van der Waals surface area contributed by atoms with Crippen molar-refractivity contribution >= 4 is 0 Å². The van der Waals surface area contributed by atoms with Gasteiger partial charge in [-0.25, -0.2) is 0 Å². The zero-order valence-electron chi connectivity index (χ0n) is 16.9. The fourth-order valence-electron chi connectivity index (χ4n) is 3.31. The molecule has 7 heteroatoms. The van der Waals surface area contributed by atoms with Gasteiger partial charge in [0.2, 0.25) is 0 Å². The Hall–Kier alpha value is 0.474. The van der Waals surface area contributed by atoms with Crippen LogP contribution in [0.4, 0.5) is 0 Å². The average Bonchev–Trinajstić information content (AvgIpc) is 2.60. The van der Waals surface area contributed by atoms with Crippen LogP contribution in [0.15, 0.2) is 0 Å². The van der Waals surface area contributed by atoms with Gasteiger partial charge in [-0.15, -0.1) is 0 Å². The molecule has 0 aliphatic rings. The molecule has 0 fully saturated rings. The van der Waals surface area contributed by atoms with Gasteiger partial charge >= 0.3 is 160 Å². The van der Waals surface area contributed by atoms with Gasteiger partial charge in [0.25, 0.3) is 0 Å². The van der Waals surface area contributed by atoms with Gasteiger partial charge in [-0.2, -0.15) is 0 Å². The number of hydrogen-bond donors (Lipinski definition) is 6. The Morgan fingerprint density at radius 1 is 0.600 bits per heavy atom. The maximum atomic E-state index is 5.59. The molecule has 9 N–H and O–H groups in total. The zero-order chi connectivity index (χ0) is 18.8. The first-order valence-electron chi connectivity index (χ1n) is 10.4. The van der Waals surface area contributed by atoms with Crippen LogP contribution in [0.5, 0.6) is 0 Å². The molecule has 0 saturated heterocycles. The van der Waals surface area contributed by atoms with Crippen molar-refractivity contribution in [1.29, 1.82) is 0 Å². The second kappa shape index (κ2) is 17.9. The molecule has 0 aromatic carbocycles. The Morgan fingerprint density at radius 2 is 0.920 bits per heavy atom. The normalized spacial score (nSPS) is 12.2. The molecule has 0 saturated carbocycles. The van der Waals surface area contributed by atoms with E-state index >= 15 is 0 Å². The maximum absolute atomic E-state index is 5.59. The molecule has 0 unspecified atom stereocenters. The van der Waals surface area contributed by atoms with E-state index in [1.165, 1.54) is 14.2 Å². The van der Waals surface area contributed by atoms with E-state index in [9.17, 15) is 0 Å². The second-order valence-corrected chi connectivity index (χ2v) is 15.8. The van der Waals surface area contributed by atoms with Crippen LogP contribution in [0.3, 0.4) is 0 Å². The number of nitrogens with one attached hydrogen (secondary N) is 3. The number of rotatable bonds is 19. The minimum absolute atomic E-state index is 0.778. The van der Waals surface area contributed by atoms with E-state index in [2.05, 4.69) is 29.8 Å². The zero-order valence-corrected chi connectivity index (χ0v) is 18.5. The van der Waals surface area contributed by atoms with Crippen LogP contribution in [0.25, 0.3) is 0 Å². The molecule has 0 aromatic rings. The number of nitrogens with two attached hydrogens (primary N) is 3. The van der Waals surface area contributed by atoms with E-state index in [1.54, 1.807) is 0 Å². The molecule has 0 aliphatic heterocycles. The Bertz CT molecular complexity index is 242. The molecule has 0 spiro atoms. The van der Waals surface area contributed by atoms with Crippen LogP contribution >= 0.6 is 0 Å². The van der Waals surface area contributed by atoms with Crippen LogP contribution in [0.2, 0.25) is 18.4 Å². The predicted octanol–water partition coefficient (Wildman–Crippen LogP) is 1.04. The summed E-state index contributed by atoms with van der Waals surface area (Å²) >= 11 is -1.93. The SMILES string of the molecule is C[CH](C)[Ti]([CH2]CNCCCN)([CH2]CNCCCN)[CH2]CNCCCN. The van der Waals surface area contributed by atoms with E-state index in [-0.39, 0.29) is 0 Å². The summed E-state index contributed by atoms with van der Waals surface area (Å²) in [4.78, 5) is 0. The molecule has 6 nitrogen and oxygen atoms in total. The summed E-state index contributed by atoms with van der Waals surface area (Å²) in [5.41, 5.74) is 16.8. The van der Waals surface area contributed by atoms with Gasteiger partial charge in [-0.3, -0.25) is 0 Å². The summed E-state index contributed by atoms with van der Waals surface area (Å²) < 4.78 is 5.06. The van der Waals surface area contributed by atoms with Gasteiger partial charge in [0.15, 0.2) is 0 Å². The standard InChI is InChI=1S/3C5H13N2.C3H7.Ti/c3*1-2-7-5-3-4-6;1-3-2;/h3*7H,1-6H2;3H,1-2H3;. The molecule has 0 aliphatic carbocycles. The molecule has 0 rings (SSSR count). The number of hydrogen-bond acceptors (Lipinski definition) is 6. The van der Waals surface area contributed by atoms with Crippen molar-refractivity contribution in [2.45, 2.75) is 51.5 Å². The quantitative estimate of drug-likeness (QED) is 0.144. The molecule has 152 valence electrons. The third-order valence-electron chi connectivity index (χ3n) is 5.30. The monoisotopic (exact) mass is 394 g/mol. The van der Waals surface area contributed by atoms with Gasteiger partial charge in [-0.05, 0) is 0 Å². The van der Waals surface area contributed by atoms with Crippen molar-refractivity contribution in [2.24, 2.45) is 17.2 Å². The molecular weight excluding hydrogens is 348 g/mol. The van der Waals surface area contributed by atoms with Gasteiger partial charge in [0.05, 0.1) is 0 Å². The van der Waals surface area contributed by atoms with Crippen molar-refractivity contribution in [3.05, 3.63) is 0 Å². The van der Waals surface area contributed by atoms with Gasteiger partial charge in [0.1, 0.15) is 0 Å². The van der Waals surface area contributed by atoms with Crippen LogP contribution < -0.4 is 33.2 Å². The summed E-state index contributed by atoms with van der Waals surface area (Å²) in [6, 6.07) is 0. The van der Waals surface area contributed by atoms with Gasteiger partial charge in [0, 0.05) is 0 Å². The average molecular weight is 394 g/mol. The molecule has 0 amide bonds. The van der Waals surface area contributed by atoms with Crippen LogP contribution in [0, 0.1) is 0 Å². The molecule has 0 aromatic heterocycles. The van der Waals surface area contributed by atoms with Gasteiger partial charge < -0.3 is 0 Å². The third-order valence-corrected chi connectivity index (χ3v) is 15.0. The minimum atomic E-state index is -1.93. The van der Waals surface area contributed by atoms with E-state index in [4.69, 9.17) is 17.2 Å². The fourth-order valence-corrected chi connectivity index (χ4v) is 10.3. The Labute approximate surface area is 160 Å². The van der Waals surface area contributed by atoms with Crippen molar-refractivity contribution < 1.29 is 16.6 Å². The molecule has 0 radical (unpaired) electrons. The van der Waals surface area contributed by atoms with Gasteiger partial charge in [-0.1, -0.05) is 0 Å². The van der Waals surface area contributed by atoms with Crippen molar-refractivity contribution in [3.63, 3.8) is 0 Å². The van der Waals surface area contributed by atoms with Crippen LogP contribution in [-0.2, 0) is 16.6 Å². The van der Waals surface area contributed by atoms with E-state index in [0.29, 0.717) is 0 Å². The third kappa shape index (κ3) is 13.3. The first kappa shape index (κ1) is 25.5. The molecule has 25 heavy (non-hydrogen) atoms. The first-order chi connectivity index (χ1) is 12.1. The van der Waals surface area contributed by atoms with E-state index < -0.39 is 16.6 Å². The van der Waals surface area contributed by atoms with E-state index in [0.717, 1.165) is 82.4 Å². The van der Waals surface area contributed by atoms with Crippen LogP contribution in [0.1, 0.15) is 33.1 Å². The molecular formula is C18H46N6Ti. The summed E-state index contributed by atoms with van der Waals surface area (Å²) in [5, 5.41) is 10.8. The summed E-state index contributed by atoms with van der Waals surface area (Å²) in [5.74, 6) is 0. The summed E-state index contributed by atoms with van der Waals surface area (Å²) in [7, 11) is 0. The first-order valence-corrected chi connectivity index (χ1v) is 14.6. The Morgan fingerprint density at radius 3 is 1.16 bits per heavy atom. The Balaban J connectivity index is 4.46.